The van der Waals surface area contributed by atoms with Crippen LogP contribution in [0.2, 0.25) is 0 Å². The van der Waals surface area contributed by atoms with Crippen molar-refractivity contribution in [3.63, 3.8) is 0 Å². The zero-order chi connectivity index (χ0) is 10.5. The van der Waals surface area contributed by atoms with Gasteiger partial charge >= 0.3 is 0 Å². The summed E-state index contributed by atoms with van der Waals surface area (Å²) in [6.07, 6.45) is 5.26. The number of carbonyl (C=O) groups is 1. The van der Waals surface area contributed by atoms with Gasteiger partial charge in [-0.3, -0.25) is 0 Å². The second-order valence-corrected chi connectivity index (χ2v) is 3.37. The number of carbonyl (C=O) groups excluding carboxylic acids is 1. The van der Waals surface area contributed by atoms with E-state index in [1.165, 1.54) is 52.6 Å². The van der Waals surface area contributed by atoms with E-state index in [1.807, 2.05) is 0 Å². The molecule has 0 rings (SSSR count). The molecule has 0 fully saturated rings. The second kappa shape index (κ2) is 14.2. The summed E-state index contributed by atoms with van der Waals surface area (Å²) in [5.41, 5.74) is 0. The lowest BCUT2D eigenvalue weighted by molar-refractivity contribution is -0.114. The number of hydrogen-bond donors (Lipinski definition) is 1. The van der Waals surface area contributed by atoms with Crippen molar-refractivity contribution in [3.8, 4) is 0 Å². The zero-order valence-electron chi connectivity index (χ0n) is 9.65. The third-order valence-corrected chi connectivity index (χ3v) is 1.41. The summed E-state index contributed by atoms with van der Waals surface area (Å²) < 4.78 is 0. The summed E-state index contributed by atoms with van der Waals surface area (Å²) in [4.78, 5) is 9.44. The lowest BCUT2D eigenvalue weighted by Crippen LogP contribution is -2.15. The first-order valence-electron chi connectivity index (χ1n) is 5.33. The maximum absolute atomic E-state index is 9.44. The van der Waals surface area contributed by atoms with Crippen LogP contribution in [0.3, 0.4) is 0 Å². The van der Waals surface area contributed by atoms with E-state index < -0.39 is 0 Å². The minimum atomic E-state index is 0.167. The van der Waals surface area contributed by atoms with Gasteiger partial charge in [0.25, 0.3) is 0 Å². The Balaban J connectivity index is 0. The van der Waals surface area contributed by atoms with Crippen LogP contribution < -0.4 is 5.32 Å². The van der Waals surface area contributed by atoms with Gasteiger partial charge in [-0.2, -0.15) is 0 Å². The fourth-order valence-corrected chi connectivity index (χ4v) is 0.729. The van der Waals surface area contributed by atoms with E-state index in [1.54, 1.807) is 0 Å². The maximum Gasteiger partial charge on any atom is 0.126 e. The van der Waals surface area contributed by atoms with Gasteiger partial charge in [0.2, 0.25) is 0 Å². The highest BCUT2D eigenvalue weighted by atomic mass is 16.1. The van der Waals surface area contributed by atoms with Crippen LogP contribution in [0.25, 0.3) is 0 Å². The first-order valence-corrected chi connectivity index (χ1v) is 5.33. The number of unbranched alkanes of at least 4 members (excludes halogenated alkanes) is 2. The molecule has 0 aliphatic heterocycles. The van der Waals surface area contributed by atoms with Gasteiger partial charge in [0.15, 0.2) is 0 Å². The minimum Gasteiger partial charge on any atom is -0.317 e. The quantitative estimate of drug-likeness (QED) is 0.648. The molecule has 0 aromatic carbocycles. The molecule has 0 radical (unpaired) electrons. The summed E-state index contributed by atoms with van der Waals surface area (Å²) in [6.45, 7) is 9.91. The molecule has 0 unspecified atom stereocenters. The highest BCUT2D eigenvalue weighted by molar-refractivity contribution is 5.72. The van der Waals surface area contributed by atoms with Crippen molar-refractivity contribution in [2.24, 2.45) is 0 Å². The van der Waals surface area contributed by atoms with Gasteiger partial charge in [-0.1, -0.05) is 26.7 Å². The SMILES string of the molecule is CC(C)=O.CCCCNCCCC. The largest absolute Gasteiger partial charge is 0.317 e. The van der Waals surface area contributed by atoms with Crippen LogP contribution in [0.1, 0.15) is 53.4 Å². The molecule has 0 aromatic rings. The molecule has 0 aliphatic carbocycles. The number of nitrogens with one attached hydrogen (secondary N) is 1. The zero-order valence-corrected chi connectivity index (χ0v) is 9.65. The van der Waals surface area contributed by atoms with E-state index in [0.29, 0.717) is 0 Å². The van der Waals surface area contributed by atoms with Crippen molar-refractivity contribution < 1.29 is 4.79 Å². The van der Waals surface area contributed by atoms with Crippen LogP contribution >= 0.6 is 0 Å². The van der Waals surface area contributed by atoms with E-state index in [2.05, 4.69) is 19.2 Å². The first kappa shape index (κ1) is 15.1. The molecule has 0 saturated carbocycles. The fourth-order valence-electron chi connectivity index (χ4n) is 0.729. The smallest absolute Gasteiger partial charge is 0.126 e. The Bertz CT molecular complexity index is 92.3. The van der Waals surface area contributed by atoms with E-state index >= 15 is 0 Å². The number of ketones is 1. The van der Waals surface area contributed by atoms with Crippen LogP contribution in [0, 0.1) is 0 Å². The summed E-state index contributed by atoms with van der Waals surface area (Å²) in [5, 5.41) is 3.39. The van der Waals surface area contributed by atoms with Gasteiger partial charge in [0.1, 0.15) is 5.78 Å². The summed E-state index contributed by atoms with van der Waals surface area (Å²) >= 11 is 0. The Kier molecular flexibility index (Phi) is 16.5. The predicted octanol–water partition coefficient (Wildman–Crippen LogP) is 2.77. The Morgan fingerprint density at radius 1 is 1.00 bits per heavy atom. The molecule has 1 N–H and O–H groups in total. The molecule has 0 heterocycles. The fraction of sp³-hybridized carbons (Fsp3) is 0.909. The highest BCUT2D eigenvalue weighted by Gasteiger charge is 1.83. The monoisotopic (exact) mass is 187 g/mol. The first-order chi connectivity index (χ1) is 6.15. The lowest BCUT2D eigenvalue weighted by atomic mass is 10.3. The lowest BCUT2D eigenvalue weighted by Gasteiger charge is -1.99. The van der Waals surface area contributed by atoms with Gasteiger partial charge in [-0.15, -0.1) is 0 Å². The number of Topliss-reactive ketones (excluding diaryl/α,β-unsaturated/α-hetero) is 1. The molecule has 0 aliphatic rings. The molecule has 0 bridgehead atoms. The Hall–Kier alpha value is -0.370. The minimum absolute atomic E-state index is 0.167. The molecular weight excluding hydrogens is 162 g/mol. The third kappa shape index (κ3) is 34.0. The number of hydrogen-bond acceptors (Lipinski definition) is 2. The van der Waals surface area contributed by atoms with E-state index in [0.717, 1.165) is 0 Å². The van der Waals surface area contributed by atoms with Crippen LogP contribution in [0.15, 0.2) is 0 Å². The van der Waals surface area contributed by atoms with E-state index in [9.17, 15) is 4.79 Å². The molecule has 0 amide bonds. The van der Waals surface area contributed by atoms with Gasteiger partial charge in [-0.25, -0.2) is 0 Å². The van der Waals surface area contributed by atoms with Gasteiger partial charge in [0.05, 0.1) is 0 Å². The van der Waals surface area contributed by atoms with Gasteiger partial charge in [-0.05, 0) is 39.8 Å². The van der Waals surface area contributed by atoms with Crippen LogP contribution in [-0.2, 0) is 4.79 Å². The van der Waals surface area contributed by atoms with Crippen molar-refractivity contribution in [3.05, 3.63) is 0 Å². The topological polar surface area (TPSA) is 29.1 Å². The Morgan fingerprint density at radius 3 is 1.54 bits per heavy atom. The van der Waals surface area contributed by atoms with Gasteiger partial charge < -0.3 is 10.1 Å². The number of rotatable bonds is 6. The molecular formula is C11H25NO. The molecule has 2 heteroatoms. The molecule has 0 atom stereocenters. The van der Waals surface area contributed by atoms with Crippen LogP contribution in [-0.4, -0.2) is 18.9 Å². The normalized spacial score (nSPS) is 8.92. The molecule has 13 heavy (non-hydrogen) atoms. The maximum atomic E-state index is 9.44. The van der Waals surface area contributed by atoms with Crippen molar-refractivity contribution in [1.82, 2.24) is 5.32 Å². The summed E-state index contributed by atoms with van der Waals surface area (Å²) in [6, 6.07) is 0. The van der Waals surface area contributed by atoms with Crippen molar-refractivity contribution in [2.45, 2.75) is 53.4 Å². The highest BCUT2D eigenvalue weighted by Crippen LogP contribution is 1.85. The average molecular weight is 187 g/mol. The predicted molar refractivity (Wildman–Crippen MR) is 59.0 cm³/mol. The van der Waals surface area contributed by atoms with Crippen molar-refractivity contribution in [1.29, 1.82) is 0 Å². The van der Waals surface area contributed by atoms with Crippen molar-refractivity contribution >= 4 is 5.78 Å². The van der Waals surface area contributed by atoms with Crippen LogP contribution in [0.4, 0.5) is 0 Å². The van der Waals surface area contributed by atoms with Gasteiger partial charge in [0, 0.05) is 0 Å². The molecule has 0 aromatic heterocycles. The summed E-state index contributed by atoms with van der Waals surface area (Å²) in [7, 11) is 0. The molecule has 80 valence electrons. The average Bonchev–Trinajstić information content (AvgIpc) is 2.03. The Labute approximate surface area is 83.1 Å². The molecule has 0 saturated heterocycles. The second-order valence-electron chi connectivity index (χ2n) is 3.37. The van der Waals surface area contributed by atoms with Crippen LogP contribution in [0.5, 0.6) is 0 Å². The van der Waals surface area contributed by atoms with Crippen molar-refractivity contribution in [2.75, 3.05) is 13.1 Å². The summed E-state index contributed by atoms with van der Waals surface area (Å²) in [5.74, 6) is 0.167. The third-order valence-electron chi connectivity index (χ3n) is 1.41. The Morgan fingerprint density at radius 2 is 1.31 bits per heavy atom. The van der Waals surface area contributed by atoms with E-state index in [4.69, 9.17) is 0 Å². The molecule has 0 spiro atoms. The molecule has 2 nitrogen and oxygen atoms in total. The standard InChI is InChI=1S/C8H19N.C3H6O/c1-3-5-7-9-8-6-4-2;1-3(2)4/h9H,3-8H2,1-2H3;1-2H3. The van der Waals surface area contributed by atoms with E-state index in [-0.39, 0.29) is 5.78 Å².